The first-order chi connectivity index (χ1) is 9.70. The van der Waals surface area contributed by atoms with E-state index in [9.17, 15) is 9.90 Å². The molecule has 2 aromatic heterocycles. The highest BCUT2D eigenvalue weighted by Crippen LogP contribution is 2.25. The van der Waals surface area contributed by atoms with E-state index in [1.54, 1.807) is 18.2 Å². The molecule has 0 aliphatic heterocycles. The van der Waals surface area contributed by atoms with E-state index in [-0.39, 0.29) is 17.0 Å². The second-order valence-corrected chi connectivity index (χ2v) is 4.70. The van der Waals surface area contributed by atoms with Gasteiger partial charge in [-0.15, -0.1) is 0 Å². The summed E-state index contributed by atoms with van der Waals surface area (Å²) in [5, 5.41) is 14.7. The van der Waals surface area contributed by atoms with E-state index in [1.807, 2.05) is 18.2 Å². The van der Waals surface area contributed by atoms with Crippen molar-refractivity contribution in [3.05, 3.63) is 52.4 Å². The number of nitrogens with zero attached hydrogens (tertiary/aromatic N) is 2. The molecular formula is C15H15N3O2. The first kappa shape index (κ1) is 12.5. The van der Waals surface area contributed by atoms with Gasteiger partial charge in [-0.3, -0.25) is 4.79 Å². The van der Waals surface area contributed by atoms with Gasteiger partial charge in [-0.25, -0.2) is 0 Å². The molecule has 0 radical (unpaired) electrons. The number of benzene rings is 1. The second-order valence-electron chi connectivity index (χ2n) is 4.70. The van der Waals surface area contributed by atoms with Crippen LogP contribution < -0.4 is 5.56 Å². The Bertz CT molecular complexity index is 803. The number of fused-ring (bicyclic) bond motifs is 1. The van der Waals surface area contributed by atoms with Gasteiger partial charge in [0.25, 0.3) is 5.56 Å². The van der Waals surface area contributed by atoms with Crippen LogP contribution in [0.2, 0.25) is 0 Å². The Hall–Kier alpha value is -2.56. The summed E-state index contributed by atoms with van der Waals surface area (Å²) >= 11 is 0. The summed E-state index contributed by atoms with van der Waals surface area (Å²) in [5.41, 5.74) is 1.95. The van der Waals surface area contributed by atoms with Crippen molar-refractivity contribution >= 4 is 5.65 Å². The Labute approximate surface area is 115 Å². The number of hydrogen-bond acceptors (Lipinski definition) is 3. The predicted octanol–water partition coefficient (Wildman–Crippen LogP) is 2.35. The number of rotatable bonds is 3. The van der Waals surface area contributed by atoms with Gasteiger partial charge in [0, 0.05) is 6.07 Å². The maximum Gasteiger partial charge on any atom is 0.262 e. The molecule has 0 saturated heterocycles. The summed E-state index contributed by atoms with van der Waals surface area (Å²) in [4.78, 5) is 14.9. The SMILES string of the molecule is CCCc1cc2[nH]c(=O)c(-c3ccccc3)c(O)n2n1. The topological polar surface area (TPSA) is 70.4 Å². The Kier molecular flexibility index (Phi) is 3.02. The zero-order valence-electron chi connectivity index (χ0n) is 11.1. The van der Waals surface area contributed by atoms with Crippen molar-refractivity contribution in [2.75, 3.05) is 0 Å². The van der Waals surface area contributed by atoms with Crippen LogP contribution in [0.25, 0.3) is 16.8 Å². The van der Waals surface area contributed by atoms with Crippen LogP contribution in [-0.2, 0) is 6.42 Å². The molecule has 0 fully saturated rings. The zero-order valence-corrected chi connectivity index (χ0v) is 11.1. The maximum absolute atomic E-state index is 12.2. The first-order valence-corrected chi connectivity index (χ1v) is 6.60. The van der Waals surface area contributed by atoms with Crippen molar-refractivity contribution in [3.8, 4) is 17.0 Å². The Balaban J connectivity index is 2.26. The van der Waals surface area contributed by atoms with Crippen LogP contribution in [0.15, 0.2) is 41.2 Å². The Morgan fingerprint density at radius 3 is 2.75 bits per heavy atom. The number of aromatic amines is 1. The van der Waals surface area contributed by atoms with Crippen LogP contribution in [-0.4, -0.2) is 19.7 Å². The molecule has 1 aromatic carbocycles. The summed E-state index contributed by atoms with van der Waals surface area (Å²) in [6.07, 6.45) is 1.77. The highest BCUT2D eigenvalue weighted by atomic mass is 16.3. The van der Waals surface area contributed by atoms with Crippen molar-refractivity contribution in [3.63, 3.8) is 0 Å². The molecule has 0 aliphatic rings. The Morgan fingerprint density at radius 2 is 2.05 bits per heavy atom. The zero-order chi connectivity index (χ0) is 14.1. The van der Waals surface area contributed by atoms with E-state index in [2.05, 4.69) is 17.0 Å². The third-order valence-electron chi connectivity index (χ3n) is 3.22. The van der Waals surface area contributed by atoms with Crippen molar-refractivity contribution in [2.45, 2.75) is 19.8 Å². The third-order valence-corrected chi connectivity index (χ3v) is 3.22. The first-order valence-electron chi connectivity index (χ1n) is 6.60. The smallest absolute Gasteiger partial charge is 0.262 e. The largest absolute Gasteiger partial charge is 0.493 e. The van der Waals surface area contributed by atoms with E-state index >= 15 is 0 Å². The molecule has 0 aliphatic carbocycles. The van der Waals surface area contributed by atoms with Crippen LogP contribution in [0.3, 0.4) is 0 Å². The molecule has 2 N–H and O–H groups in total. The van der Waals surface area contributed by atoms with E-state index < -0.39 is 0 Å². The minimum atomic E-state index is -0.316. The van der Waals surface area contributed by atoms with Crippen molar-refractivity contribution in [1.29, 1.82) is 0 Å². The van der Waals surface area contributed by atoms with Crippen molar-refractivity contribution < 1.29 is 5.11 Å². The molecule has 0 amide bonds. The summed E-state index contributed by atoms with van der Waals surface area (Å²) in [5.74, 6) is -0.127. The lowest BCUT2D eigenvalue weighted by molar-refractivity contribution is 0.436. The lowest BCUT2D eigenvalue weighted by atomic mass is 10.1. The Morgan fingerprint density at radius 1 is 1.30 bits per heavy atom. The van der Waals surface area contributed by atoms with Gasteiger partial charge in [0.05, 0.1) is 5.69 Å². The van der Waals surface area contributed by atoms with E-state index in [4.69, 9.17) is 0 Å². The number of nitrogens with one attached hydrogen (secondary N) is 1. The fourth-order valence-corrected chi connectivity index (χ4v) is 2.31. The standard InChI is InChI=1S/C15H15N3O2/c1-2-6-11-9-12-16-14(19)13(15(20)18(12)17-11)10-7-4-3-5-8-10/h3-5,7-9,20H,2,6H2,1H3,(H,16,19). The van der Waals surface area contributed by atoms with Gasteiger partial charge in [0.2, 0.25) is 5.88 Å². The van der Waals surface area contributed by atoms with Gasteiger partial charge in [0.1, 0.15) is 11.2 Å². The minimum absolute atomic E-state index is 0.127. The third kappa shape index (κ3) is 1.97. The molecule has 0 unspecified atom stereocenters. The predicted molar refractivity (Wildman–Crippen MR) is 76.9 cm³/mol. The average molecular weight is 269 g/mol. The van der Waals surface area contributed by atoms with E-state index in [1.165, 1.54) is 4.52 Å². The average Bonchev–Trinajstić information content (AvgIpc) is 2.83. The van der Waals surface area contributed by atoms with Crippen LogP contribution in [0.1, 0.15) is 19.0 Å². The van der Waals surface area contributed by atoms with Gasteiger partial charge in [-0.2, -0.15) is 9.61 Å². The minimum Gasteiger partial charge on any atom is -0.493 e. The van der Waals surface area contributed by atoms with E-state index in [0.29, 0.717) is 11.2 Å². The molecule has 0 bridgehead atoms. The molecule has 102 valence electrons. The van der Waals surface area contributed by atoms with Gasteiger partial charge in [-0.05, 0) is 12.0 Å². The van der Waals surface area contributed by atoms with Crippen LogP contribution >= 0.6 is 0 Å². The summed E-state index contributed by atoms with van der Waals surface area (Å²) in [6.45, 7) is 2.06. The fourth-order valence-electron chi connectivity index (χ4n) is 2.31. The highest BCUT2D eigenvalue weighted by molar-refractivity contribution is 5.69. The van der Waals surface area contributed by atoms with Crippen LogP contribution in [0.5, 0.6) is 5.88 Å². The van der Waals surface area contributed by atoms with Crippen molar-refractivity contribution in [2.24, 2.45) is 0 Å². The quantitative estimate of drug-likeness (QED) is 0.766. The fraction of sp³-hybridized carbons (Fsp3) is 0.200. The molecule has 5 nitrogen and oxygen atoms in total. The second kappa shape index (κ2) is 4.85. The number of aryl methyl sites for hydroxylation is 1. The molecule has 20 heavy (non-hydrogen) atoms. The van der Waals surface area contributed by atoms with Crippen LogP contribution in [0, 0.1) is 0 Å². The maximum atomic E-state index is 12.2. The number of hydrogen-bond donors (Lipinski definition) is 2. The van der Waals surface area contributed by atoms with Gasteiger partial charge in [0.15, 0.2) is 0 Å². The molecule has 2 heterocycles. The molecule has 0 atom stereocenters. The number of H-pyrrole nitrogens is 1. The summed E-state index contributed by atoms with van der Waals surface area (Å²) in [6, 6.07) is 10.9. The van der Waals surface area contributed by atoms with E-state index in [0.717, 1.165) is 18.5 Å². The highest BCUT2D eigenvalue weighted by Gasteiger charge is 2.15. The monoisotopic (exact) mass is 269 g/mol. The normalized spacial score (nSPS) is 11.1. The summed E-state index contributed by atoms with van der Waals surface area (Å²) in [7, 11) is 0. The molecule has 0 spiro atoms. The van der Waals surface area contributed by atoms with Gasteiger partial charge >= 0.3 is 0 Å². The molecule has 3 rings (SSSR count). The molecule has 0 saturated carbocycles. The molecule has 3 aromatic rings. The molecular weight excluding hydrogens is 254 g/mol. The molecule has 5 heteroatoms. The number of aromatic nitrogens is 3. The van der Waals surface area contributed by atoms with Gasteiger partial charge < -0.3 is 10.1 Å². The summed E-state index contributed by atoms with van der Waals surface area (Å²) < 4.78 is 1.38. The number of aromatic hydroxyl groups is 1. The van der Waals surface area contributed by atoms with Crippen molar-refractivity contribution in [1.82, 2.24) is 14.6 Å². The lowest BCUT2D eigenvalue weighted by Gasteiger charge is -2.05. The van der Waals surface area contributed by atoms with Crippen LogP contribution in [0.4, 0.5) is 0 Å². The lowest BCUT2D eigenvalue weighted by Crippen LogP contribution is -2.12. The van der Waals surface area contributed by atoms with Gasteiger partial charge in [-0.1, -0.05) is 43.7 Å².